The Balaban J connectivity index is 0.00000112. The van der Waals surface area contributed by atoms with Crippen LogP contribution in [-0.4, -0.2) is 5.97 Å². The number of aromatic carboxylic acids is 1. The first-order valence-corrected chi connectivity index (χ1v) is 4.46. The number of halogens is 1. The third-order valence-electron chi connectivity index (χ3n) is 2.08. The molecular weight excluding hydrogens is 223 g/mol. The summed E-state index contributed by atoms with van der Waals surface area (Å²) in [5.41, 5.74) is 0.0600. The zero-order valence-corrected chi connectivity index (χ0v) is 10.9. The van der Waals surface area contributed by atoms with Crippen LogP contribution in [0.15, 0.2) is 36.4 Å². The molecule has 0 fully saturated rings. The van der Waals surface area contributed by atoms with E-state index in [1.807, 2.05) is 12.1 Å². The van der Waals surface area contributed by atoms with Gasteiger partial charge in [0.2, 0.25) is 0 Å². The van der Waals surface area contributed by atoms with E-state index in [4.69, 9.17) is 11.6 Å². The minimum absolute atomic E-state index is 0. The van der Waals surface area contributed by atoms with Crippen molar-refractivity contribution in [1.82, 2.24) is 0 Å². The topological polar surface area (TPSA) is 40.1 Å². The van der Waals surface area contributed by atoms with Gasteiger partial charge in [-0.25, -0.2) is 0 Å². The number of hydrogen-bond donors (Lipinski definition) is 0. The van der Waals surface area contributed by atoms with E-state index in [0.29, 0.717) is 5.39 Å². The molecule has 0 amide bonds. The number of rotatable bonds is 1. The van der Waals surface area contributed by atoms with Gasteiger partial charge in [-0.05, 0) is 16.8 Å². The Bertz CT molecular complexity index is 511. The standard InChI is InChI=1S/C11H7ClO2.Na/c12-9-6-5-7-3-1-2-4-8(7)10(9)11(13)14;/h1-6H,(H,13,14);/q;+1/p-1. The van der Waals surface area contributed by atoms with Gasteiger partial charge >= 0.3 is 29.6 Å². The van der Waals surface area contributed by atoms with Gasteiger partial charge in [-0.15, -0.1) is 0 Å². The Kier molecular flexibility index (Phi) is 4.17. The molecule has 0 aliphatic carbocycles. The molecule has 15 heavy (non-hydrogen) atoms. The molecule has 0 aliphatic rings. The van der Waals surface area contributed by atoms with Gasteiger partial charge in [0.15, 0.2) is 0 Å². The van der Waals surface area contributed by atoms with Gasteiger partial charge in [0.05, 0.1) is 11.0 Å². The van der Waals surface area contributed by atoms with Crippen LogP contribution in [0.25, 0.3) is 10.8 Å². The van der Waals surface area contributed by atoms with Crippen molar-refractivity contribution in [3.63, 3.8) is 0 Å². The van der Waals surface area contributed by atoms with Gasteiger partial charge in [-0.2, -0.15) is 0 Å². The van der Waals surface area contributed by atoms with Gasteiger partial charge in [0.1, 0.15) is 0 Å². The second-order valence-electron chi connectivity index (χ2n) is 2.93. The van der Waals surface area contributed by atoms with Crippen LogP contribution in [-0.2, 0) is 0 Å². The molecule has 70 valence electrons. The van der Waals surface area contributed by atoms with E-state index in [9.17, 15) is 9.90 Å². The van der Waals surface area contributed by atoms with Crippen molar-refractivity contribution in [3.05, 3.63) is 47.0 Å². The number of carboxylic acid groups (broad SMARTS) is 1. The van der Waals surface area contributed by atoms with Crippen LogP contribution < -0.4 is 34.7 Å². The Labute approximate surface area is 114 Å². The zero-order chi connectivity index (χ0) is 10.1. The molecule has 2 rings (SSSR count). The largest absolute Gasteiger partial charge is 1.00 e. The summed E-state index contributed by atoms with van der Waals surface area (Å²) in [6.45, 7) is 0. The normalized spacial score (nSPS) is 9.67. The molecule has 2 aromatic rings. The summed E-state index contributed by atoms with van der Waals surface area (Å²) < 4.78 is 0. The molecule has 0 saturated heterocycles. The van der Waals surface area contributed by atoms with Crippen molar-refractivity contribution < 1.29 is 39.5 Å². The molecule has 0 aromatic heterocycles. The molecule has 0 saturated carbocycles. The van der Waals surface area contributed by atoms with Gasteiger partial charge < -0.3 is 9.90 Å². The van der Waals surface area contributed by atoms with E-state index in [-0.39, 0.29) is 40.1 Å². The summed E-state index contributed by atoms with van der Waals surface area (Å²) in [6.07, 6.45) is 0. The fourth-order valence-electron chi connectivity index (χ4n) is 1.45. The second-order valence-corrected chi connectivity index (χ2v) is 3.34. The molecule has 2 nitrogen and oxygen atoms in total. The number of carbonyl (C=O) groups excluding carboxylic acids is 1. The number of carboxylic acids is 1. The molecule has 0 atom stereocenters. The van der Waals surface area contributed by atoms with Gasteiger partial charge in [0, 0.05) is 5.56 Å². The van der Waals surface area contributed by atoms with Crippen LogP contribution in [0, 0.1) is 0 Å². The fraction of sp³-hybridized carbons (Fsp3) is 0. The van der Waals surface area contributed by atoms with Crippen molar-refractivity contribution >= 4 is 28.3 Å². The molecule has 0 heterocycles. The second kappa shape index (κ2) is 4.99. The van der Waals surface area contributed by atoms with E-state index in [1.54, 1.807) is 24.3 Å². The summed E-state index contributed by atoms with van der Waals surface area (Å²) in [7, 11) is 0. The smallest absolute Gasteiger partial charge is 0.545 e. The Morgan fingerprint density at radius 2 is 1.80 bits per heavy atom. The summed E-state index contributed by atoms with van der Waals surface area (Å²) >= 11 is 5.78. The Morgan fingerprint density at radius 3 is 2.47 bits per heavy atom. The first-order chi connectivity index (χ1) is 6.70. The monoisotopic (exact) mass is 228 g/mol. The van der Waals surface area contributed by atoms with Crippen LogP contribution in [0.2, 0.25) is 5.02 Å². The Morgan fingerprint density at radius 1 is 1.13 bits per heavy atom. The van der Waals surface area contributed by atoms with Gasteiger partial charge in [0.25, 0.3) is 0 Å². The van der Waals surface area contributed by atoms with E-state index < -0.39 is 5.97 Å². The van der Waals surface area contributed by atoms with Crippen LogP contribution >= 0.6 is 11.6 Å². The predicted molar refractivity (Wildman–Crippen MR) is 53.3 cm³/mol. The predicted octanol–water partition coefficient (Wildman–Crippen LogP) is -1.14. The minimum atomic E-state index is -1.24. The van der Waals surface area contributed by atoms with Gasteiger partial charge in [-0.3, -0.25) is 0 Å². The molecule has 0 spiro atoms. The third-order valence-corrected chi connectivity index (χ3v) is 2.40. The Hall–Kier alpha value is -0.540. The number of fused-ring (bicyclic) bond motifs is 1. The molecule has 0 aliphatic heterocycles. The van der Waals surface area contributed by atoms with E-state index in [2.05, 4.69) is 0 Å². The molecular formula is C11H6ClNaO2. The average molecular weight is 229 g/mol. The number of carbonyl (C=O) groups is 1. The summed E-state index contributed by atoms with van der Waals surface area (Å²) in [5.74, 6) is -1.24. The minimum Gasteiger partial charge on any atom is -0.545 e. The first-order valence-electron chi connectivity index (χ1n) is 4.09. The quantitative estimate of drug-likeness (QED) is 0.579. The van der Waals surface area contributed by atoms with Crippen molar-refractivity contribution in [2.24, 2.45) is 0 Å². The molecule has 0 N–H and O–H groups in total. The summed E-state index contributed by atoms with van der Waals surface area (Å²) in [4.78, 5) is 10.8. The maximum absolute atomic E-state index is 10.8. The fourth-order valence-corrected chi connectivity index (χ4v) is 1.69. The van der Waals surface area contributed by atoms with Crippen LogP contribution in [0.3, 0.4) is 0 Å². The zero-order valence-electron chi connectivity index (χ0n) is 8.16. The van der Waals surface area contributed by atoms with Crippen molar-refractivity contribution in [1.29, 1.82) is 0 Å². The molecule has 0 bridgehead atoms. The molecule has 4 heteroatoms. The van der Waals surface area contributed by atoms with Crippen LogP contribution in [0.1, 0.15) is 10.4 Å². The summed E-state index contributed by atoms with van der Waals surface area (Å²) in [6, 6.07) is 10.5. The van der Waals surface area contributed by atoms with Gasteiger partial charge in [-0.1, -0.05) is 41.9 Å². The summed E-state index contributed by atoms with van der Waals surface area (Å²) in [5, 5.41) is 12.5. The van der Waals surface area contributed by atoms with Crippen molar-refractivity contribution in [2.45, 2.75) is 0 Å². The van der Waals surface area contributed by atoms with E-state index in [1.165, 1.54) is 0 Å². The first kappa shape index (κ1) is 12.5. The molecule has 0 radical (unpaired) electrons. The van der Waals surface area contributed by atoms with Crippen LogP contribution in [0.5, 0.6) is 0 Å². The number of benzene rings is 2. The van der Waals surface area contributed by atoms with Crippen molar-refractivity contribution in [2.75, 3.05) is 0 Å². The average Bonchev–Trinajstić information content (AvgIpc) is 2.17. The van der Waals surface area contributed by atoms with E-state index in [0.717, 1.165) is 5.39 Å². The van der Waals surface area contributed by atoms with Crippen LogP contribution in [0.4, 0.5) is 0 Å². The number of hydrogen-bond acceptors (Lipinski definition) is 2. The SMILES string of the molecule is O=C([O-])c1c(Cl)ccc2ccccc12.[Na+]. The van der Waals surface area contributed by atoms with E-state index >= 15 is 0 Å². The molecule has 2 aromatic carbocycles. The maximum Gasteiger partial charge on any atom is 1.00 e. The maximum atomic E-state index is 10.8. The van der Waals surface area contributed by atoms with Crippen molar-refractivity contribution in [3.8, 4) is 0 Å². The third kappa shape index (κ3) is 2.34. The molecule has 0 unspecified atom stereocenters.